The van der Waals surface area contributed by atoms with E-state index in [1.54, 1.807) is 6.33 Å². The van der Waals surface area contributed by atoms with Crippen LogP contribution in [0.5, 0.6) is 0 Å². The van der Waals surface area contributed by atoms with E-state index in [4.69, 9.17) is 0 Å². The Labute approximate surface area is 135 Å². The van der Waals surface area contributed by atoms with Crippen LogP contribution >= 0.6 is 0 Å². The van der Waals surface area contributed by atoms with Gasteiger partial charge in [-0.1, -0.05) is 31.0 Å². The second-order valence-corrected chi connectivity index (χ2v) is 5.98. The van der Waals surface area contributed by atoms with Crippen LogP contribution in [0.4, 0.5) is 0 Å². The molecular weight excluding hydrogens is 292 g/mol. The molecule has 0 saturated heterocycles. The van der Waals surface area contributed by atoms with Crippen LogP contribution in [-0.2, 0) is 11.2 Å². The molecule has 1 aromatic heterocycles. The Morgan fingerprint density at radius 1 is 1.26 bits per heavy atom. The number of carbonyl (C=O) groups excluding carboxylic acids is 1. The summed E-state index contributed by atoms with van der Waals surface area (Å²) in [7, 11) is 0. The standard InChI is InChI=1S/C17H22N4O2/c22-15-9-5-4-8-14(15)19-17(23)11-10-16-20-18-12-21(16)13-6-2-1-3-7-13/h1-3,6-7,12,14-15,22H,4-5,8-11H2,(H,19,23). The zero-order chi connectivity index (χ0) is 16.1. The number of aromatic nitrogens is 3. The molecule has 1 heterocycles. The third-order valence-electron chi connectivity index (χ3n) is 4.30. The molecule has 1 aromatic carbocycles. The number of nitrogens with one attached hydrogen (secondary N) is 1. The van der Waals surface area contributed by atoms with Crippen LogP contribution in [0.3, 0.4) is 0 Å². The molecule has 0 bridgehead atoms. The summed E-state index contributed by atoms with van der Waals surface area (Å²) in [5.74, 6) is 0.717. The predicted molar refractivity (Wildman–Crippen MR) is 86.1 cm³/mol. The van der Waals surface area contributed by atoms with Crippen molar-refractivity contribution in [2.24, 2.45) is 0 Å². The van der Waals surface area contributed by atoms with Gasteiger partial charge in [0.15, 0.2) is 0 Å². The lowest BCUT2D eigenvalue weighted by molar-refractivity contribution is -0.123. The van der Waals surface area contributed by atoms with Crippen LogP contribution in [-0.4, -0.2) is 37.9 Å². The van der Waals surface area contributed by atoms with Gasteiger partial charge in [-0.05, 0) is 25.0 Å². The topological polar surface area (TPSA) is 80.0 Å². The maximum Gasteiger partial charge on any atom is 0.220 e. The fourth-order valence-electron chi connectivity index (χ4n) is 3.02. The molecule has 2 aromatic rings. The van der Waals surface area contributed by atoms with Crippen molar-refractivity contribution in [2.45, 2.75) is 50.7 Å². The molecule has 6 heteroatoms. The number of hydrogen-bond donors (Lipinski definition) is 2. The van der Waals surface area contributed by atoms with E-state index >= 15 is 0 Å². The molecule has 0 radical (unpaired) electrons. The van der Waals surface area contributed by atoms with Crippen molar-refractivity contribution in [1.29, 1.82) is 0 Å². The molecule has 23 heavy (non-hydrogen) atoms. The maximum absolute atomic E-state index is 12.1. The third kappa shape index (κ3) is 3.96. The predicted octanol–water partition coefficient (Wildman–Crippen LogP) is 1.62. The van der Waals surface area contributed by atoms with Gasteiger partial charge in [0.1, 0.15) is 12.2 Å². The van der Waals surface area contributed by atoms with E-state index in [0.29, 0.717) is 12.8 Å². The molecule has 1 fully saturated rings. The van der Waals surface area contributed by atoms with Gasteiger partial charge in [-0.3, -0.25) is 9.36 Å². The zero-order valence-corrected chi connectivity index (χ0v) is 13.1. The van der Waals surface area contributed by atoms with Gasteiger partial charge in [-0.2, -0.15) is 0 Å². The van der Waals surface area contributed by atoms with E-state index in [9.17, 15) is 9.90 Å². The fraction of sp³-hybridized carbons (Fsp3) is 0.471. The first-order valence-corrected chi connectivity index (χ1v) is 8.16. The summed E-state index contributed by atoms with van der Waals surface area (Å²) in [6, 6.07) is 9.71. The lowest BCUT2D eigenvalue weighted by atomic mass is 9.92. The minimum atomic E-state index is -0.416. The molecule has 1 aliphatic carbocycles. The number of nitrogens with zero attached hydrogens (tertiary/aromatic N) is 3. The SMILES string of the molecule is O=C(CCc1nncn1-c1ccccc1)NC1CCCCC1O. The highest BCUT2D eigenvalue weighted by atomic mass is 16.3. The van der Waals surface area contributed by atoms with E-state index in [1.165, 1.54) is 0 Å². The summed E-state index contributed by atoms with van der Waals surface area (Å²) in [5, 5.41) is 20.9. The molecular formula is C17H22N4O2. The Balaban J connectivity index is 1.57. The van der Waals surface area contributed by atoms with Gasteiger partial charge in [0.25, 0.3) is 0 Å². The summed E-state index contributed by atoms with van der Waals surface area (Å²) in [4.78, 5) is 12.1. The van der Waals surface area contributed by atoms with Gasteiger partial charge < -0.3 is 10.4 Å². The molecule has 1 saturated carbocycles. The molecule has 6 nitrogen and oxygen atoms in total. The summed E-state index contributed by atoms with van der Waals surface area (Å²) in [5.41, 5.74) is 0.982. The molecule has 2 unspecified atom stereocenters. The van der Waals surface area contributed by atoms with Gasteiger partial charge in [0, 0.05) is 18.5 Å². The first-order chi connectivity index (χ1) is 11.2. The van der Waals surface area contributed by atoms with Crippen molar-refractivity contribution in [3.63, 3.8) is 0 Å². The second-order valence-electron chi connectivity index (χ2n) is 5.98. The molecule has 1 amide bonds. The number of benzene rings is 1. The number of aryl methyl sites for hydroxylation is 1. The Morgan fingerprint density at radius 3 is 2.83 bits per heavy atom. The smallest absolute Gasteiger partial charge is 0.220 e. The lowest BCUT2D eigenvalue weighted by Crippen LogP contribution is -2.45. The van der Waals surface area contributed by atoms with Crippen molar-refractivity contribution >= 4 is 5.91 Å². The minimum absolute atomic E-state index is 0.0430. The highest BCUT2D eigenvalue weighted by Gasteiger charge is 2.24. The Hall–Kier alpha value is -2.21. The van der Waals surface area contributed by atoms with Crippen LogP contribution in [0.15, 0.2) is 36.7 Å². The molecule has 2 atom stereocenters. The molecule has 1 aliphatic rings. The fourth-order valence-corrected chi connectivity index (χ4v) is 3.02. The minimum Gasteiger partial charge on any atom is -0.391 e. The first-order valence-electron chi connectivity index (χ1n) is 8.16. The Bertz CT molecular complexity index is 641. The van der Waals surface area contributed by atoms with E-state index in [1.807, 2.05) is 34.9 Å². The van der Waals surface area contributed by atoms with Gasteiger partial charge in [0.2, 0.25) is 5.91 Å². The van der Waals surface area contributed by atoms with Gasteiger partial charge in [-0.15, -0.1) is 10.2 Å². The number of amides is 1. The van der Waals surface area contributed by atoms with Crippen molar-refractivity contribution in [3.05, 3.63) is 42.5 Å². The quantitative estimate of drug-likeness (QED) is 0.879. The summed E-state index contributed by atoms with van der Waals surface area (Å²) < 4.78 is 1.89. The molecule has 0 aliphatic heterocycles. The van der Waals surface area contributed by atoms with E-state index in [2.05, 4.69) is 15.5 Å². The van der Waals surface area contributed by atoms with Gasteiger partial charge in [-0.25, -0.2) is 0 Å². The average Bonchev–Trinajstić information content (AvgIpc) is 3.04. The van der Waals surface area contributed by atoms with Crippen molar-refractivity contribution in [2.75, 3.05) is 0 Å². The van der Waals surface area contributed by atoms with Crippen molar-refractivity contribution in [1.82, 2.24) is 20.1 Å². The van der Waals surface area contributed by atoms with Gasteiger partial charge >= 0.3 is 0 Å². The van der Waals surface area contributed by atoms with Crippen LogP contribution in [0.25, 0.3) is 5.69 Å². The molecule has 122 valence electrons. The number of rotatable bonds is 5. The van der Waals surface area contributed by atoms with Crippen LogP contribution < -0.4 is 5.32 Å². The maximum atomic E-state index is 12.1. The third-order valence-corrected chi connectivity index (χ3v) is 4.30. The Morgan fingerprint density at radius 2 is 2.04 bits per heavy atom. The van der Waals surface area contributed by atoms with Crippen LogP contribution in [0.1, 0.15) is 37.9 Å². The summed E-state index contributed by atoms with van der Waals surface area (Å²) in [6.07, 6.45) is 5.82. The number of para-hydroxylation sites is 1. The van der Waals surface area contributed by atoms with Crippen molar-refractivity contribution < 1.29 is 9.90 Å². The monoisotopic (exact) mass is 314 g/mol. The number of hydrogen-bond acceptors (Lipinski definition) is 4. The second kappa shape index (κ2) is 7.37. The lowest BCUT2D eigenvalue weighted by Gasteiger charge is -2.28. The van der Waals surface area contributed by atoms with Crippen molar-refractivity contribution in [3.8, 4) is 5.69 Å². The number of carbonyl (C=O) groups is 1. The van der Waals surface area contributed by atoms with E-state index < -0.39 is 6.10 Å². The van der Waals surface area contributed by atoms with Crippen LogP contribution in [0, 0.1) is 0 Å². The molecule has 0 spiro atoms. The summed E-state index contributed by atoms with van der Waals surface area (Å²) in [6.45, 7) is 0. The van der Waals surface area contributed by atoms with Gasteiger partial charge in [0.05, 0.1) is 12.1 Å². The Kier molecular flexibility index (Phi) is 5.02. The summed E-state index contributed by atoms with van der Waals surface area (Å²) >= 11 is 0. The van der Waals surface area contributed by atoms with E-state index in [0.717, 1.165) is 37.2 Å². The number of aliphatic hydroxyl groups excluding tert-OH is 1. The van der Waals surface area contributed by atoms with Crippen LogP contribution in [0.2, 0.25) is 0 Å². The largest absolute Gasteiger partial charge is 0.391 e. The highest BCUT2D eigenvalue weighted by molar-refractivity contribution is 5.76. The first kappa shape index (κ1) is 15.7. The van der Waals surface area contributed by atoms with E-state index in [-0.39, 0.29) is 11.9 Å². The number of aliphatic hydroxyl groups is 1. The molecule has 2 N–H and O–H groups in total. The average molecular weight is 314 g/mol. The zero-order valence-electron chi connectivity index (χ0n) is 13.1. The normalized spacial score (nSPS) is 21.1. The molecule has 3 rings (SSSR count). The highest BCUT2D eigenvalue weighted by Crippen LogP contribution is 2.18.